The third-order valence-corrected chi connectivity index (χ3v) is 1.42. The van der Waals surface area contributed by atoms with Crippen molar-refractivity contribution < 1.29 is 0 Å². The largest absolute Gasteiger partial charge is 0.247 e. The van der Waals surface area contributed by atoms with Gasteiger partial charge in [-0.15, -0.1) is 0 Å². The van der Waals surface area contributed by atoms with Crippen LogP contribution < -0.4 is 0 Å². The van der Waals surface area contributed by atoms with Crippen molar-refractivity contribution in [2.75, 3.05) is 0 Å². The fourth-order valence-electron chi connectivity index (χ4n) is 0.874. The van der Waals surface area contributed by atoms with Crippen LogP contribution in [-0.2, 0) is 0 Å². The molecule has 0 saturated carbocycles. The maximum atomic E-state index is 4.00. The lowest BCUT2D eigenvalue weighted by molar-refractivity contribution is 0.906. The highest BCUT2D eigenvalue weighted by Gasteiger charge is 1.82. The summed E-state index contributed by atoms with van der Waals surface area (Å²) in [6.45, 7) is 0. The van der Waals surface area contributed by atoms with Crippen molar-refractivity contribution in [2.45, 2.75) is 0 Å². The van der Waals surface area contributed by atoms with E-state index in [2.05, 4.69) is 10.2 Å². The SMILES string of the molecule is C(=Cn1cccn1)n1cccn1. The highest BCUT2D eigenvalue weighted by atomic mass is 15.3. The van der Waals surface area contributed by atoms with E-state index in [1.807, 2.05) is 36.9 Å². The Kier molecular flexibility index (Phi) is 1.74. The molecule has 0 fully saturated rings. The third-order valence-electron chi connectivity index (χ3n) is 1.42. The van der Waals surface area contributed by atoms with Crippen molar-refractivity contribution in [1.82, 2.24) is 19.6 Å². The summed E-state index contributed by atoms with van der Waals surface area (Å²) in [4.78, 5) is 0. The van der Waals surface area contributed by atoms with Crippen molar-refractivity contribution in [3.05, 3.63) is 36.9 Å². The summed E-state index contributed by atoms with van der Waals surface area (Å²) in [7, 11) is 0. The van der Waals surface area contributed by atoms with Crippen LogP contribution in [-0.4, -0.2) is 19.6 Å². The molecule has 2 rings (SSSR count). The normalized spacial score (nSPS) is 11.0. The second-order valence-corrected chi connectivity index (χ2v) is 2.27. The zero-order chi connectivity index (χ0) is 8.23. The van der Waals surface area contributed by atoms with Crippen LogP contribution in [0.3, 0.4) is 0 Å². The average molecular weight is 160 g/mol. The summed E-state index contributed by atoms with van der Waals surface area (Å²) >= 11 is 0. The van der Waals surface area contributed by atoms with Gasteiger partial charge in [0.25, 0.3) is 0 Å². The van der Waals surface area contributed by atoms with Gasteiger partial charge in [0.05, 0.1) is 0 Å². The minimum atomic E-state index is 1.71. The Morgan fingerprint density at radius 1 is 0.833 bits per heavy atom. The van der Waals surface area contributed by atoms with Crippen LogP contribution in [0.5, 0.6) is 0 Å². The van der Waals surface area contributed by atoms with E-state index in [-0.39, 0.29) is 0 Å². The van der Waals surface area contributed by atoms with Crippen molar-refractivity contribution in [3.63, 3.8) is 0 Å². The zero-order valence-electron chi connectivity index (χ0n) is 6.41. The molecule has 4 heteroatoms. The Hall–Kier alpha value is -1.84. The van der Waals surface area contributed by atoms with E-state index in [1.54, 1.807) is 21.8 Å². The van der Waals surface area contributed by atoms with Gasteiger partial charge in [0.1, 0.15) is 0 Å². The van der Waals surface area contributed by atoms with Gasteiger partial charge in [-0.1, -0.05) is 0 Å². The molecule has 2 aromatic heterocycles. The van der Waals surface area contributed by atoms with E-state index in [9.17, 15) is 0 Å². The lowest BCUT2D eigenvalue weighted by atomic mass is 10.7. The number of aromatic nitrogens is 4. The summed E-state index contributed by atoms with van der Waals surface area (Å²) in [5, 5.41) is 8.01. The molecule has 0 amide bonds. The molecule has 4 nitrogen and oxygen atoms in total. The van der Waals surface area contributed by atoms with Gasteiger partial charge in [-0.25, -0.2) is 9.36 Å². The van der Waals surface area contributed by atoms with E-state index >= 15 is 0 Å². The fourth-order valence-corrected chi connectivity index (χ4v) is 0.874. The molecule has 0 atom stereocenters. The molecule has 60 valence electrons. The molecule has 0 spiro atoms. The smallest absolute Gasteiger partial charge is 0.0493 e. The quantitative estimate of drug-likeness (QED) is 0.661. The van der Waals surface area contributed by atoms with Gasteiger partial charge < -0.3 is 0 Å². The van der Waals surface area contributed by atoms with E-state index in [0.717, 1.165) is 0 Å². The predicted molar refractivity (Wildman–Crippen MR) is 46.0 cm³/mol. The molecule has 0 aromatic carbocycles. The van der Waals surface area contributed by atoms with Crippen molar-refractivity contribution in [3.8, 4) is 0 Å². The molecule has 0 saturated heterocycles. The number of rotatable bonds is 2. The molecule has 2 aromatic rings. The van der Waals surface area contributed by atoms with Crippen LogP contribution in [0.1, 0.15) is 0 Å². The van der Waals surface area contributed by atoms with Crippen LogP contribution >= 0.6 is 0 Å². The topological polar surface area (TPSA) is 35.6 Å². The van der Waals surface area contributed by atoms with Gasteiger partial charge in [-0.2, -0.15) is 10.2 Å². The highest BCUT2D eigenvalue weighted by molar-refractivity contribution is 5.41. The molecule has 12 heavy (non-hydrogen) atoms. The van der Waals surface area contributed by atoms with Gasteiger partial charge in [-0.3, -0.25) is 0 Å². The van der Waals surface area contributed by atoms with Gasteiger partial charge in [0.15, 0.2) is 0 Å². The monoisotopic (exact) mass is 160 g/mol. The number of hydrogen-bond acceptors (Lipinski definition) is 2. The number of hydrogen-bond donors (Lipinski definition) is 0. The average Bonchev–Trinajstić information content (AvgIpc) is 2.74. The second kappa shape index (κ2) is 3.04. The first-order valence-electron chi connectivity index (χ1n) is 3.62. The van der Waals surface area contributed by atoms with Crippen LogP contribution in [0.2, 0.25) is 0 Å². The Balaban J connectivity index is 2.14. The molecule has 0 aliphatic heterocycles. The van der Waals surface area contributed by atoms with Gasteiger partial charge in [0, 0.05) is 37.2 Å². The Morgan fingerprint density at radius 3 is 1.67 bits per heavy atom. The minimum Gasteiger partial charge on any atom is -0.247 e. The first-order valence-corrected chi connectivity index (χ1v) is 3.62. The zero-order valence-corrected chi connectivity index (χ0v) is 6.41. The van der Waals surface area contributed by atoms with E-state index in [1.165, 1.54) is 0 Å². The fraction of sp³-hybridized carbons (Fsp3) is 0. The van der Waals surface area contributed by atoms with Gasteiger partial charge in [0.2, 0.25) is 0 Å². The molecule has 0 aliphatic rings. The first kappa shape index (κ1) is 6.84. The molecular weight excluding hydrogens is 152 g/mol. The lowest BCUT2D eigenvalue weighted by Gasteiger charge is -1.90. The molecule has 2 heterocycles. The van der Waals surface area contributed by atoms with Crippen LogP contribution in [0.4, 0.5) is 0 Å². The first-order chi connectivity index (χ1) is 5.95. The Morgan fingerprint density at radius 2 is 1.33 bits per heavy atom. The molecule has 0 aliphatic carbocycles. The van der Waals surface area contributed by atoms with Crippen LogP contribution in [0, 0.1) is 0 Å². The predicted octanol–water partition coefficient (Wildman–Crippen LogP) is 1.16. The van der Waals surface area contributed by atoms with Crippen molar-refractivity contribution in [2.24, 2.45) is 0 Å². The van der Waals surface area contributed by atoms with Crippen molar-refractivity contribution in [1.29, 1.82) is 0 Å². The van der Waals surface area contributed by atoms with E-state index in [0.29, 0.717) is 0 Å². The summed E-state index contributed by atoms with van der Waals surface area (Å²) in [6, 6.07) is 3.74. The minimum absolute atomic E-state index is 1.71. The maximum Gasteiger partial charge on any atom is 0.0493 e. The Labute approximate surface area is 69.7 Å². The Bertz CT molecular complexity index is 308. The maximum absolute atomic E-state index is 4.00. The summed E-state index contributed by atoms with van der Waals surface area (Å²) in [5.74, 6) is 0. The molecule has 0 radical (unpaired) electrons. The van der Waals surface area contributed by atoms with Gasteiger partial charge >= 0.3 is 0 Å². The number of nitrogens with zero attached hydrogens (tertiary/aromatic N) is 4. The highest BCUT2D eigenvalue weighted by Crippen LogP contribution is 1.89. The third kappa shape index (κ3) is 1.42. The second-order valence-electron chi connectivity index (χ2n) is 2.27. The van der Waals surface area contributed by atoms with Gasteiger partial charge in [-0.05, 0) is 12.1 Å². The van der Waals surface area contributed by atoms with Crippen molar-refractivity contribution >= 4 is 12.4 Å². The summed E-state index contributed by atoms with van der Waals surface area (Å²) in [6.07, 6.45) is 10.8. The van der Waals surface area contributed by atoms with E-state index < -0.39 is 0 Å². The van der Waals surface area contributed by atoms with Crippen LogP contribution in [0.15, 0.2) is 36.9 Å². The summed E-state index contributed by atoms with van der Waals surface area (Å²) in [5.41, 5.74) is 0. The molecule has 0 bridgehead atoms. The molecule has 0 N–H and O–H groups in total. The standard InChI is InChI=1S/C8H8N4/c1-3-9-11(5-1)7-8-12-6-2-4-10-12/h1-8H. The van der Waals surface area contributed by atoms with Crippen LogP contribution in [0.25, 0.3) is 12.4 Å². The molecule has 0 unspecified atom stereocenters. The van der Waals surface area contributed by atoms with E-state index in [4.69, 9.17) is 0 Å². The summed E-state index contributed by atoms with van der Waals surface area (Å²) < 4.78 is 3.42. The lowest BCUT2D eigenvalue weighted by Crippen LogP contribution is -1.89. The molecular formula is C8H8N4.